The van der Waals surface area contributed by atoms with Crippen LogP contribution in [0.3, 0.4) is 0 Å². The second kappa shape index (κ2) is 4.38. The van der Waals surface area contributed by atoms with Gasteiger partial charge in [0.1, 0.15) is 12.4 Å². The fourth-order valence-corrected chi connectivity index (χ4v) is 1.31. The van der Waals surface area contributed by atoms with Gasteiger partial charge in [0.2, 0.25) is 0 Å². The average molecular weight is 240 g/mol. The smallest absolute Gasteiger partial charge is 0.289 e. The van der Waals surface area contributed by atoms with Crippen LogP contribution in [0.4, 0.5) is 13.2 Å². The fourth-order valence-electron chi connectivity index (χ4n) is 1.08. The Labute approximate surface area is 89.5 Å². The van der Waals surface area contributed by atoms with Gasteiger partial charge < -0.3 is 10.8 Å². The van der Waals surface area contributed by atoms with E-state index in [2.05, 4.69) is 0 Å². The molecule has 84 valence electrons. The zero-order valence-corrected chi connectivity index (χ0v) is 8.31. The number of hydrogen-bond acceptors (Lipinski definition) is 2. The van der Waals surface area contributed by atoms with E-state index in [1.54, 1.807) is 0 Å². The molecule has 0 bridgehead atoms. The van der Waals surface area contributed by atoms with Crippen molar-refractivity contribution in [2.75, 3.05) is 6.61 Å². The summed E-state index contributed by atoms with van der Waals surface area (Å²) in [6.07, 6.45) is 0. The summed E-state index contributed by atoms with van der Waals surface area (Å²) in [5.74, 6) is -4.24. The largest absolute Gasteiger partial charge is 0.390 e. The summed E-state index contributed by atoms with van der Waals surface area (Å²) in [6.45, 7) is -1.42. The van der Waals surface area contributed by atoms with Crippen molar-refractivity contribution in [2.24, 2.45) is 5.73 Å². The molecule has 0 unspecified atom stereocenters. The van der Waals surface area contributed by atoms with E-state index < -0.39 is 24.4 Å². The predicted octanol–water partition coefficient (Wildman–Crippen LogP) is 2.11. The highest BCUT2D eigenvalue weighted by atomic mass is 35.5. The number of rotatable bonds is 3. The van der Waals surface area contributed by atoms with Gasteiger partial charge in [-0.3, -0.25) is 0 Å². The molecule has 0 saturated heterocycles. The van der Waals surface area contributed by atoms with Crippen LogP contribution in [0, 0.1) is 5.82 Å². The Morgan fingerprint density at radius 2 is 2.07 bits per heavy atom. The molecule has 6 heteroatoms. The third-order valence-electron chi connectivity index (χ3n) is 1.96. The van der Waals surface area contributed by atoms with Gasteiger partial charge in [-0.2, -0.15) is 0 Å². The molecule has 1 rings (SSSR count). The second-order valence-electron chi connectivity index (χ2n) is 3.06. The van der Waals surface area contributed by atoms with Crippen LogP contribution in [0.25, 0.3) is 0 Å². The van der Waals surface area contributed by atoms with Crippen molar-refractivity contribution in [1.29, 1.82) is 0 Å². The standard InChI is InChI=1S/C9H9ClF3NO/c10-7-2-1-5(11)3-6(7)8(14)9(12,13)4-15/h1-3,8,15H,4,14H2/t8-/m1/s1. The highest BCUT2D eigenvalue weighted by Crippen LogP contribution is 2.33. The van der Waals surface area contributed by atoms with E-state index in [-0.39, 0.29) is 10.6 Å². The monoisotopic (exact) mass is 239 g/mol. The molecular weight excluding hydrogens is 231 g/mol. The van der Waals surface area contributed by atoms with E-state index in [9.17, 15) is 13.2 Å². The van der Waals surface area contributed by atoms with Crippen molar-refractivity contribution in [3.05, 3.63) is 34.6 Å². The lowest BCUT2D eigenvalue weighted by atomic mass is 10.0. The van der Waals surface area contributed by atoms with Crippen molar-refractivity contribution < 1.29 is 18.3 Å². The average Bonchev–Trinajstić information content (AvgIpc) is 2.20. The number of aliphatic hydroxyl groups excluding tert-OH is 1. The molecule has 1 aromatic carbocycles. The first-order chi connectivity index (χ1) is 6.88. The van der Waals surface area contributed by atoms with Crippen LogP contribution in [0.5, 0.6) is 0 Å². The molecule has 3 N–H and O–H groups in total. The Morgan fingerprint density at radius 1 is 1.47 bits per heavy atom. The number of hydrogen-bond donors (Lipinski definition) is 2. The molecule has 0 aliphatic heterocycles. The number of halogens is 4. The molecule has 0 fully saturated rings. The molecular formula is C9H9ClF3NO. The van der Waals surface area contributed by atoms with Gasteiger partial charge in [0.15, 0.2) is 0 Å². The molecule has 0 aliphatic carbocycles. The maximum absolute atomic E-state index is 13.0. The molecule has 0 aromatic heterocycles. The molecule has 0 heterocycles. The van der Waals surface area contributed by atoms with Gasteiger partial charge in [-0.05, 0) is 23.8 Å². The molecule has 1 atom stereocenters. The van der Waals surface area contributed by atoms with Crippen molar-refractivity contribution in [1.82, 2.24) is 0 Å². The Morgan fingerprint density at radius 3 is 2.60 bits per heavy atom. The minimum atomic E-state index is -3.53. The third kappa shape index (κ3) is 2.62. The minimum Gasteiger partial charge on any atom is -0.390 e. The summed E-state index contributed by atoms with van der Waals surface area (Å²) in [4.78, 5) is 0. The lowest BCUT2D eigenvalue weighted by Gasteiger charge is -2.22. The molecule has 0 spiro atoms. The van der Waals surface area contributed by atoms with Gasteiger partial charge >= 0.3 is 0 Å². The van der Waals surface area contributed by atoms with Gasteiger partial charge in [-0.1, -0.05) is 11.6 Å². The fraction of sp³-hybridized carbons (Fsp3) is 0.333. The van der Waals surface area contributed by atoms with Gasteiger partial charge in [-0.25, -0.2) is 13.2 Å². The Bertz CT molecular complexity index is 359. The van der Waals surface area contributed by atoms with Gasteiger partial charge in [0.05, 0.1) is 6.04 Å². The van der Waals surface area contributed by atoms with Crippen LogP contribution < -0.4 is 5.73 Å². The first-order valence-corrected chi connectivity index (χ1v) is 4.45. The van der Waals surface area contributed by atoms with Crippen molar-refractivity contribution in [2.45, 2.75) is 12.0 Å². The third-order valence-corrected chi connectivity index (χ3v) is 2.30. The lowest BCUT2D eigenvalue weighted by molar-refractivity contribution is -0.0712. The van der Waals surface area contributed by atoms with Gasteiger partial charge in [-0.15, -0.1) is 0 Å². The number of aliphatic hydroxyl groups is 1. The molecule has 15 heavy (non-hydrogen) atoms. The summed E-state index contributed by atoms with van der Waals surface area (Å²) >= 11 is 5.59. The van der Waals surface area contributed by atoms with E-state index in [0.29, 0.717) is 0 Å². The first-order valence-electron chi connectivity index (χ1n) is 4.07. The van der Waals surface area contributed by atoms with Crippen LogP contribution in [0.15, 0.2) is 18.2 Å². The Hall–Kier alpha value is -0.780. The van der Waals surface area contributed by atoms with E-state index in [0.717, 1.165) is 18.2 Å². The van der Waals surface area contributed by atoms with E-state index in [1.165, 1.54) is 0 Å². The highest BCUT2D eigenvalue weighted by molar-refractivity contribution is 6.31. The van der Waals surface area contributed by atoms with Crippen LogP contribution >= 0.6 is 11.6 Å². The molecule has 0 radical (unpaired) electrons. The topological polar surface area (TPSA) is 46.2 Å². The summed E-state index contributed by atoms with van der Waals surface area (Å²) in [7, 11) is 0. The molecule has 2 nitrogen and oxygen atoms in total. The molecule has 0 amide bonds. The zero-order valence-electron chi connectivity index (χ0n) is 7.55. The number of nitrogens with two attached hydrogens (primary N) is 1. The molecule has 0 saturated carbocycles. The first kappa shape index (κ1) is 12.3. The molecule has 1 aromatic rings. The Balaban J connectivity index is 3.10. The van der Waals surface area contributed by atoms with Crippen molar-refractivity contribution in [3.8, 4) is 0 Å². The maximum Gasteiger partial charge on any atom is 0.289 e. The zero-order chi connectivity index (χ0) is 11.6. The number of benzene rings is 1. The lowest BCUT2D eigenvalue weighted by Crippen LogP contribution is -2.36. The summed E-state index contributed by atoms with van der Waals surface area (Å²) in [5, 5.41) is 8.36. The van der Waals surface area contributed by atoms with Crippen LogP contribution in [-0.4, -0.2) is 17.6 Å². The summed E-state index contributed by atoms with van der Waals surface area (Å²) < 4.78 is 38.8. The quantitative estimate of drug-likeness (QED) is 0.849. The summed E-state index contributed by atoms with van der Waals surface area (Å²) in [6, 6.07) is 1.18. The van der Waals surface area contributed by atoms with E-state index in [1.807, 2.05) is 0 Å². The van der Waals surface area contributed by atoms with Gasteiger partial charge in [0, 0.05) is 5.02 Å². The van der Waals surface area contributed by atoms with Crippen molar-refractivity contribution in [3.63, 3.8) is 0 Å². The van der Waals surface area contributed by atoms with E-state index >= 15 is 0 Å². The van der Waals surface area contributed by atoms with Crippen LogP contribution in [-0.2, 0) is 0 Å². The SMILES string of the molecule is N[C@H](c1cc(F)ccc1Cl)C(F)(F)CO. The predicted molar refractivity (Wildman–Crippen MR) is 50.4 cm³/mol. The number of alkyl halides is 2. The second-order valence-corrected chi connectivity index (χ2v) is 3.47. The highest BCUT2D eigenvalue weighted by Gasteiger charge is 2.38. The minimum absolute atomic E-state index is 0.0583. The van der Waals surface area contributed by atoms with Crippen LogP contribution in [0.2, 0.25) is 5.02 Å². The normalized spacial score (nSPS) is 14.0. The molecule has 0 aliphatic rings. The van der Waals surface area contributed by atoms with Crippen LogP contribution in [0.1, 0.15) is 11.6 Å². The van der Waals surface area contributed by atoms with Gasteiger partial charge in [0.25, 0.3) is 5.92 Å². The maximum atomic E-state index is 13.0. The Kier molecular flexibility index (Phi) is 3.59. The summed E-state index contributed by atoms with van der Waals surface area (Å²) in [5.41, 5.74) is 4.97. The van der Waals surface area contributed by atoms with E-state index in [4.69, 9.17) is 22.4 Å². The van der Waals surface area contributed by atoms with Crippen molar-refractivity contribution >= 4 is 11.6 Å².